The molecule has 11 heteroatoms. The third-order valence-corrected chi connectivity index (χ3v) is 5.84. The van der Waals surface area contributed by atoms with Crippen LogP contribution in [-0.2, 0) is 23.9 Å². The highest BCUT2D eigenvalue weighted by molar-refractivity contribution is 8.00. The Balaban J connectivity index is 2.04. The van der Waals surface area contributed by atoms with Gasteiger partial charge in [-0.15, -0.1) is 11.8 Å². The molecule has 0 aliphatic carbocycles. The van der Waals surface area contributed by atoms with Crippen molar-refractivity contribution < 1.29 is 29.0 Å². The van der Waals surface area contributed by atoms with Gasteiger partial charge in [0.05, 0.1) is 5.75 Å². The number of thioether (sulfide) groups is 2. The molecule has 0 bridgehead atoms. The van der Waals surface area contributed by atoms with Crippen LogP contribution in [0.15, 0.2) is 11.3 Å². The Labute approximate surface area is 152 Å². The first kappa shape index (κ1) is 19.6. The van der Waals surface area contributed by atoms with Crippen molar-refractivity contribution in [2.24, 2.45) is 5.73 Å². The molecule has 138 valence electrons. The van der Waals surface area contributed by atoms with Crippen molar-refractivity contribution in [1.82, 2.24) is 10.2 Å². The summed E-state index contributed by atoms with van der Waals surface area (Å²) in [7, 11) is 0. The highest BCUT2D eigenvalue weighted by Crippen LogP contribution is 2.40. The molecular weight excluding hydrogens is 370 g/mol. The Morgan fingerprint density at radius 2 is 2.20 bits per heavy atom. The first-order valence-electron chi connectivity index (χ1n) is 7.47. The molecule has 0 spiro atoms. The molecule has 0 aromatic heterocycles. The summed E-state index contributed by atoms with van der Waals surface area (Å²) in [5.74, 6) is -1.42. The van der Waals surface area contributed by atoms with E-state index in [1.165, 1.54) is 30.4 Å². The number of rotatable bonds is 8. The van der Waals surface area contributed by atoms with Crippen LogP contribution in [0.2, 0.25) is 0 Å². The van der Waals surface area contributed by atoms with Gasteiger partial charge in [-0.2, -0.15) is 11.8 Å². The Kier molecular flexibility index (Phi) is 6.73. The van der Waals surface area contributed by atoms with Crippen LogP contribution >= 0.6 is 23.5 Å². The number of aliphatic carboxylic acids is 1. The maximum absolute atomic E-state index is 12.3. The first-order valence-corrected chi connectivity index (χ1v) is 9.67. The van der Waals surface area contributed by atoms with Crippen molar-refractivity contribution in [2.45, 2.75) is 18.3 Å². The minimum absolute atomic E-state index is 0.169. The third kappa shape index (κ3) is 4.47. The molecule has 0 unspecified atom stereocenters. The number of hydrogen-bond donors (Lipinski definition) is 3. The zero-order chi connectivity index (χ0) is 18.6. The van der Waals surface area contributed by atoms with Crippen molar-refractivity contribution in [1.29, 1.82) is 0 Å². The Hall–Kier alpha value is -1.72. The fraction of sp³-hybridized carbons (Fsp3) is 0.571. The molecule has 2 atom stereocenters. The minimum Gasteiger partial charge on any atom is -0.477 e. The van der Waals surface area contributed by atoms with Crippen LogP contribution in [0, 0.1) is 0 Å². The number of carbonyl (C=O) groups is 4. The molecule has 0 radical (unpaired) electrons. The lowest BCUT2D eigenvalue weighted by molar-refractivity contribution is -0.150. The van der Waals surface area contributed by atoms with Gasteiger partial charge >= 0.3 is 11.9 Å². The summed E-state index contributed by atoms with van der Waals surface area (Å²) in [4.78, 5) is 47.8. The lowest BCUT2D eigenvalue weighted by Gasteiger charge is -2.49. The van der Waals surface area contributed by atoms with Crippen LogP contribution in [0.25, 0.3) is 0 Å². The van der Waals surface area contributed by atoms with Gasteiger partial charge in [0.2, 0.25) is 5.91 Å². The van der Waals surface area contributed by atoms with Crippen LogP contribution in [0.1, 0.15) is 6.92 Å². The summed E-state index contributed by atoms with van der Waals surface area (Å²) in [5, 5.41) is 11.6. The van der Waals surface area contributed by atoms with Gasteiger partial charge in [0.25, 0.3) is 5.91 Å². The van der Waals surface area contributed by atoms with Gasteiger partial charge in [0, 0.05) is 30.5 Å². The molecule has 0 aromatic rings. The third-order valence-electron chi connectivity index (χ3n) is 3.51. The summed E-state index contributed by atoms with van der Waals surface area (Å²) in [6, 6.07) is -0.749. The predicted molar refractivity (Wildman–Crippen MR) is 92.7 cm³/mol. The fourth-order valence-electron chi connectivity index (χ4n) is 2.45. The molecule has 1 saturated heterocycles. The van der Waals surface area contributed by atoms with Crippen molar-refractivity contribution in [2.75, 3.05) is 30.4 Å². The van der Waals surface area contributed by atoms with E-state index in [4.69, 9.17) is 10.5 Å². The standard InChI is InChI=1S/C14H19N3O6S2/c1-7(18)23-4-8-5-25-13-10(16-9(19)6-24-3-2-15)12(20)17(13)11(8)14(21)22/h10,13H,2-6,15H2,1H3,(H,16,19)(H,21,22)/t10-,13-/m1/s1. The van der Waals surface area contributed by atoms with Crippen LogP contribution in [-0.4, -0.2) is 75.6 Å². The van der Waals surface area contributed by atoms with E-state index in [2.05, 4.69) is 5.32 Å². The molecule has 0 saturated carbocycles. The average molecular weight is 389 g/mol. The number of amides is 2. The molecule has 4 N–H and O–H groups in total. The number of esters is 1. The van der Waals surface area contributed by atoms with Gasteiger partial charge < -0.3 is 20.9 Å². The van der Waals surface area contributed by atoms with E-state index in [1.807, 2.05) is 0 Å². The van der Waals surface area contributed by atoms with Crippen molar-refractivity contribution in [3.05, 3.63) is 11.3 Å². The monoisotopic (exact) mass is 389 g/mol. The molecule has 2 aliphatic heterocycles. The fourth-order valence-corrected chi connectivity index (χ4v) is 4.35. The number of carboxylic acid groups (broad SMARTS) is 1. The summed E-state index contributed by atoms with van der Waals surface area (Å²) >= 11 is 2.69. The number of carbonyl (C=O) groups excluding carboxylic acids is 3. The van der Waals surface area contributed by atoms with E-state index in [9.17, 15) is 24.3 Å². The second kappa shape index (κ2) is 8.59. The second-order valence-corrected chi connectivity index (χ2v) is 7.54. The number of fused-ring (bicyclic) bond motifs is 1. The number of hydrogen-bond acceptors (Lipinski definition) is 8. The minimum atomic E-state index is -1.26. The number of ether oxygens (including phenoxy) is 1. The highest BCUT2D eigenvalue weighted by atomic mass is 32.2. The average Bonchev–Trinajstić information content (AvgIpc) is 2.56. The maximum Gasteiger partial charge on any atom is 0.352 e. The SMILES string of the molecule is CC(=O)OCC1=C(C(=O)O)N2C(=O)[C@@H](NC(=O)CSCCN)[C@H]2SC1. The molecule has 9 nitrogen and oxygen atoms in total. The van der Waals surface area contributed by atoms with Crippen LogP contribution < -0.4 is 11.1 Å². The van der Waals surface area contributed by atoms with Crippen molar-refractivity contribution in [3.63, 3.8) is 0 Å². The molecule has 2 rings (SSSR count). The van der Waals surface area contributed by atoms with Gasteiger partial charge in [-0.1, -0.05) is 0 Å². The molecule has 25 heavy (non-hydrogen) atoms. The molecule has 1 fully saturated rings. The number of carboxylic acids is 1. The van der Waals surface area contributed by atoms with Crippen LogP contribution in [0.5, 0.6) is 0 Å². The number of nitrogens with zero attached hydrogens (tertiary/aromatic N) is 1. The van der Waals surface area contributed by atoms with E-state index in [1.54, 1.807) is 0 Å². The van der Waals surface area contributed by atoms with E-state index in [-0.39, 0.29) is 24.0 Å². The number of nitrogens with two attached hydrogens (primary N) is 1. The molecule has 2 heterocycles. The quantitative estimate of drug-likeness (QED) is 0.270. The van der Waals surface area contributed by atoms with Crippen LogP contribution in [0.4, 0.5) is 0 Å². The summed E-state index contributed by atoms with van der Waals surface area (Å²) in [6.45, 7) is 1.51. The Morgan fingerprint density at radius 3 is 2.80 bits per heavy atom. The number of nitrogens with one attached hydrogen (secondary N) is 1. The van der Waals surface area contributed by atoms with Gasteiger partial charge in [0.15, 0.2) is 0 Å². The van der Waals surface area contributed by atoms with Crippen molar-refractivity contribution in [3.8, 4) is 0 Å². The highest BCUT2D eigenvalue weighted by Gasteiger charge is 2.54. The molecule has 0 aromatic carbocycles. The second-order valence-electron chi connectivity index (χ2n) is 5.33. The lowest BCUT2D eigenvalue weighted by Crippen LogP contribution is -2.70. The topological polar surface area (TPSA) is 139 Å². The first-order chi connectivity index (χ1) is 11.9. The number of β-lactam (4-membered cyclic amide) rings is 1. The summed E-state index contributed by atoms with van der Waals surface area (Å²) in [5.41, 5.74) is 5.55. The van der Waals surface area contributed by atoms with Gasteiger partial charge in [0.1, 0.15) is 23.7 Å². The zero-order valence-corrected chi connectivity index (χ0v) is 15.2. The zero-order valence-electron chi connectivity index (χ0n) is 13.5. The maximum atomic E-state index is 12.3. The van der Waals surface area contributed by atoms with E-state index in [0.29, 0.717) is 23.6 Å². The molecule has 2 amide bonds. The Bertz CT molecular complexity index is 624. The van der Waals surface area contributed by atoms with E-state index >= 15 is 0 Å². The van der Waals surface area contributed by atoms with E-state index < -0.39 is 29.3 Å². The normalized spacial score (nSPS) is 22.2. The van der Waals surface area contributed by atoms with Crippen molar-refractivity contribution >= 4 is 47.3 Å². The summed E-state index contributed by atoms with van der Waals surface area (Å²) in [6.07, 6.45) is 0. The lowest BCUT2D eigenvalue weighted by atomic mass is 10.0. The van der Waals surface area contributed by atoms with Gasteiger partial charge in [-0.3, -0.25) is 19.3 Å². The molecular formula is C14H19N3O6S2. The summed E-state index contributed by atoms with van der Waals surface area (Å²) < 4.78 is 4.86. The van der Waals surface area contributed by atoms with E-state index in [0.717, 1.165) is 4.90 Å². The predicted octanol–water partition coefficient (Wildman–Crippen LogP) is -1.02. The largest absolute Gasteiger partial charge is 0.477 e. The molecule has 2 aliphatic rings. The van der Waals surface area contributed by atoms with Gasteiger partial charge in [-0.05, 0) is 0 Å². The smallest absolute Gasteiger partial charge is 0.352 e. The Morgan fingerprint density at radius 1 is 1.48 bits per heavy atom. The van der Waals surface area contributed by atoms with Crippen LogP contribution in [0.3, 0.4) is 0 Å². The van der Waals surface area contributed by atoms with Gasteiger partial charge in [-0.25, -0.2) is 4.79 Å².